The van der Waals surface area contributed by atoms with Gasteiger partial charge in [-0.2, -0.15) is 4.98 Å². The molecule has 9 nitrogen and oxygen atoms in total. The Morgan fingerprint density at radius 1 is 1.07 bits per heavy atom. The Kier molecular flexibility index (Phi) is 4.65. The molecule has 1 aliphatic heterocycles. The number of benzene rings is 1. The van der Waals surface area contributed by atoms with Gasteiger partial charge in [-0.25, -0.2) is 9.78 Å². The maximum Gasteiger partial charge on any atom is 0.332 e. The van der Waals surface area contributed by atoms with Crippen LogP contribution in [-0.2, 0) is 20.6 Å². The van der Waals surface area contributed by atoms with E-state index in [1.54, 1.807) is 7.05 Å². The first-order valence-corrected chi connectivity index (χ1v) is 10.9. The molecule has 0 atom stereocenters. The number of hydrogen-bond donors (Lipinski definition) is 0. The lowest BCUT2D eigenvalue weighted by Crippen LogP contribution is -2.37. The molecule has 1 aromatic carbocycles. The molecule has 1 saturated heterocycles. The van der Waals surface area contributed by atoms with Gasteiger partial charge in [-0.3, -0.25) is 13.9 Å². The van der Waals surface area contributed by atoms with Gasteiger partial charge in [-0.15, -0.1) is 0 Å². The zero-order chi connectivity index (χ0) is 20.8. The molecule has 30 heavy (non-hydrogen) atoms. The standard InChI is InChI=1S/C20H22N6O3S/c1-23-16-15(17(27)24(2)20(23)28)26(18(22-16)25-9-5-6-10-25)11-12-30-19-21-13-7-3-4-8-14(13)29-19/h3-4,7-8H,5-6,9-12H2,1-2H3. The molecule has 0 aliphatic carbocycles. The molecular formula is C20H22N6O3S. The van der Waals surface area contributed by atoms with E-state index in [-0.39, 0.29) is 11.2 Å². The van der Waals surface area contributed by atoms with Crippen molar-refractivity contribution in [1.82, 2.24) is 23.7 Å². The maximum absolute atomic E-state index is 12.9. The predicted molar refractivity (Wildman–Crippen MR) is 116 cm³/mol. The van der Waals surface area contributed by atoms with E-state index in [9.17, 15) is 9.59 Å². The van der Waals surface area contributed by atoms with Crippen LogP contribution < -0.4 is 16.1 Å². The summed E-state index contributed by atoms with van der Waals surface area (Å²) in [5.41, 5.74) is 1.78. The molecule has 0 amide bonds. The Labute approximate surface area is 175 Å². The van der Waals surface area contributed by atoms with E-state index in [0.717, 1.165) is 47.5 Å². The van der Waals surface area contributed by atoms with E-state index in [4.69, 9.17) is 9.40 Å². The van der Waals surface area contributed by atoms with Crippen molar-refractivity contribution in [3.63, 3.8) is 0 Å². The summed E-state index contributed by atoms with van der Waals surface area (Å²) in [7, 11) is 3.16. The zero-order valence-electron chi connectivity index (χ0n) is 16.9. The van der Waals surface area contributed by atoms with Crippen LogP contribution in [0, 0.1) is 0 Å². The van der Waals surface area contributed by atoms with E-state index < -0.39 is 0 Å². The number of fused-ring (bicyclic) bond motifs is 2. The number of nitrogens with zero attached hydrogens (tertiary/aromatic N) is 6. The van der Waals surface area contributed by atoms with Crippen LogP contribution in [0.4, 0.5) is 5.95 Å². The van der Waals surface area contributed by atoms with Crippen LogP contribution in [0.5, 0.6) is 0 Å². The topological polar surface area (TPSA) is 91.1 Å². The lowest BCUT2D eigenvalue weighted by atomic mass is 10.3. The lowest BCUT2D eigenvalue weighted by Gasteiger charge is -2.18. The summed E-state index contributed by atoms with van der Waals surface area (Å²) in [6, 6.07) is 7.66. The predicted octanol–water partition coefficient (Wildman–Crippen LogP) is 1.97. The number of imidazole rings is 1. The second-order valence-corrected chi connectivity index (χ2v) is 8.48. The van der Waals surface area contributed by atoms with Crippen LogP contribution in [0.1, 0.15) is 12.8 Å². The molecule has 0 spiro atoms. The fourth-order valence-electron chi connectivity index (χ4n) is 3.94. The normalized spacial score (nSPS) is 14.4. The van der Waals surface area contributed by atoms with Crippen molar-refractivity contribution in [3.8, 4) is 0 Å². The van der Waals surface area contributed by atoms with Crippen molar-refractivity contribution in [1.29, 1.82) is 0 Å². The third kappa shape index (κ3) is 3.02. The highest BCUT2D eigenvalue weighted by Gasteiger charge is 2.24. The van der Waals surface area contributed by atoms with E-state index in [1.807, 2.05) is 28.8 Å². The molecule has 0 unspecified atom stereocenters. The second-order valence-electron chi connectivity index (χ2n) is 7.43. The molecule has 3 aromatic heterocycles. The number of oxazole rings is 1. The van der Waals surface area contributed by atoms with Gasteiger partial charge in [0.15, 0.2) is 16.7 Å². The molecule has 10 heteroatoms. The number of aryl methyl sites for hydroxylation is 2. The SMILES string of the molecule is Cn1c(=O)c2c(nc(N3CCCC3)n2CCSc2nc3ccccc3o2)n(C)c1=O. The van der Waals surface area contributed by atoms with Crippen LogP contribution in [0.15, 0.2) is 43.5 Å². The smallest absolute Gasteiger partial charge is 0.332 e. The lowest BCUT2D eigenvalue weighted by molar-refractivity contribution is 0.489. The Morgan fingerprint density at radius 2 is 1.83 bits per heavy atom. The minimum Gasteiger partial charge on any atom is -0.431 e. The van der Waals surface area contributed by atoms with Crippen molar-refractivity contribution in [3.05, 3.63) is 45.1 Å². The molecule has 4 heterocycles. The summed E-state index contributed by atoms with van der Waals surface area (Å²) in [6.07, 6.45) is 2.19. The van der Waals surface area contributed by atoms with Crippen LogP contribution in [0.25, 0.3) is 22.3 Å². The highest BCUT2D eigenvalue weighted by molar-refractivity contribution is 7.99. The number of para-hydroxylation sites is 2. The van der Waals surface area contributed by atoms with Gasteiger partial charge in [0.1, 0.15) is 5.52 Å². The minimum atomic E-state index is -0.369. The van der Waals surface area contributed by atoms with Gasteiger partial charge in [0.25, 0.3) is 10.8 Å². The molecular weight excluding hydrogens is 404 g/mol. The van der Waals surface area contributed by atoms with Crippen LogP contribution in [0.3, 0.4) is 0 Å². The monoisotopic (exact) mass is 426 g/mol. The molecule has 4 aromatic rings. The Morgan fingerprint density at radius 3 is 2.60 bits per heavy atom. The highest BCUT2D eigenvalue weighted by atomic mass is 32.2. The minimum absolute atomic E-state index is 0.321. The second kappa shape index (κ2) is 7.35. The number of thioether (sulfide) groups is 1. The van der Waals surface area contributed by atoms with Crippen LogP contribution >= 0.6 is 11.8 Å². The van der Waals surface area contributed by atoms with Crippen molar-refractivity contribution in [2.24, 2.45) is 14.1 Å². The van der Waals surface area contributed by atoms with E-state index >= 15 is 0 Å². The largest absolute Gasteiger partial charge is 0.431 e. The van der Waals surface area contributed by atoms with Gasteiger partial charge in [0.2, 0.25) is 5.95 Å². The van der Waals surface area contributed by atoms with Gasteiger partial charge in [-0.05, 0) is 25.0 Å². The Balaban J connectivity index is 1.52. The van der Waals surface area contributed by atoms with Crippen molar-refractivity contribution < 1.29 is 4.42 Å². The van der Waals surface area contributed by atoms with Crippen molar-refractivity contribution in [2.45, 2.75) is 24.6 Å². The fourth-order valence-corrected chi connectivity index (χ4v) is 4.70. The van der Waals surface area contributed by atoms with E-state index in [1.165, 1.54) is 23.4 Å². The van der Waals surface area contributed by atoms with Gasteiger partial charge < -0.3 is 13.9 Å². The third-order valence-electron chi connectivity index (χ3n) is 5.53. The first kappa shape index (κ1) is 19.0. The summed E-state index contributed by atoms with van der Waals surface area (Å²) < 4.78 is 10.3. The van der Waals surface area contributed by atoms with Gasteiger partial charge >= 0.3 is 5.69 Å². The Bertz CT molecular complexity index is 1330. The average Bonchev–Trinajstić information content (AvgIpc) is 3.48. The Hall–Kier alpha value is -3.01. The molecule has 0 saturated carbocycles. The summed E-state index contributed by atoms with van der Waals surface area (Å²) >= 11 is 1.50. The van der Waals surface area contributed by atoms with Crippen LogP contribution in [-0.4, -0.2) is 42.5 Å². The average molecular weight is 427 g/mol. The van der Waals surface area contributed by atoms with Crippen LogP contribution in [0.2, 0.25) is 0 Å². The molecule has 0 bridgehead atoms. The fraction of sp³-hybridized carbons (Fsp3) is 0.400. The summed E-state index contributed by atoms with van der Waals surface area (Å²) in [5.74, 6) is 1.41. The summed E-state index contributed by atoms with van der Waals surface area (Å²) in [5, 5.41) is 0.601. The molecule has 5 rings (SSSR count). The first-order valence-electron chi connectivity index (χ1n) is 9.94. The third-order valence-corrected chi connectivity index (χ3v) is 6.34. The summed E-state index contributed by atoms with van der Waals surface area (Å²) in [6.45, 7) is 2.35. The zero-order valence-corrected chi connectivity index (χ0v) is 17.7. The van der Waals surface area contributed by atoms with Crippen molar-refractivity contribution in [2.75, 3.05) is 23.7 Å². The molecule has 0 N–H and O–H groups in total. The quantitative estimate of drug-likeness (QED) is 0.451. The number of rotatable bonds is 5. The highest BCUT2D eigenvalue weighted by Crippen LogP contribution is 2.26. The number of hydrogen-bond acceptors (Lipinski definition) is 7. The van der Waals surface area contributed by atoms with Crippen molar-refractivity contribution >= 4 is 40.0 Å². The van der Waals surface area contributed by atoms with Gasteiger partial charge in [-0.1, -0.05) is 23.9 Å². The van der Waals surface area contributed by atoms with Gasteiger partial charge in [0, 0.05) is 39.5 Å². The first-order chi connectivity index (χ1) is 14.5. The van der Waals surface area contributed by atoms with Gasteiger partial charge in [0.05, 0.1) is 0 Å². The number of anilines is 1. The van der Waals surface area contributed by atoms with E-state index in [0.29, 0.717) is 28.7 Å². The van der Waals surface area contributed by atoms with E-state index in [2.05, 4.69) is 9.88 Å². The molecule has 0 radical (unpaired) electrons. The molecule has 1 fully saturated rings. The maximum atomic E-state index is 12.9. The molecule has 1 aliphatic rings. The number of aromatic nitrogens is 5. The summed E-state index contributed by atoms with van der Waals surface area (Å²) in [4.78, 5) is 36.7. The molecule has 156 valence electrons.